The molecule has 0 bridgehead atoms. The maximum Gasteiger partial charge on any atom is 0.416 e. The van der Waals surface area contributed by atoms with Crippen LogP contribution in [0.5, 0.6) is 0 Å². The first-order valence-electron chi connectivity index (χ1n) is 9.17. The fourth-order valence-corrected chi connectivity index (χ4v) is 3.31. The van der Waals surface area contributed by atoms with E-state index < -0.39 is 11.7 Å². The zero-order valence-corrected chi connectivity index (χ0v) is 16.0. The minimum atomic E-state index is -4.32. The van der Waals surface area contributed by atoms with Gasteiger partial charge in [-0.25, -0.2) is 4.79 Å². The largest absolute Gasteiger partial charge is 0.416 e. The highest BCUT2D eigenvalue weighted by Crippen LogP contribution is 2.29. The van der Waals surface area contributed by atoms with E-state index in [1.807, 2.05) is 13.0 Å². The first kappa shape index (κ1) is 20.2. The standard InChI is InChI=1S/C19H24F3N5O/c1-14-12-17(25(2)24-14)23-18(28)27-9-3-8-26(10-11-27)13-15-4-6-16(7-5-15)19(20,21)22/h4-7,12H,3,8-11,13H2,1-2H3,(H,23,28). The number of urea groups is 1. The van der Waals surface area contributed by atoms with Gasteiger partial charge in [-0.1, -0.05) is 12.1 Å². The lowest BCUT2D eigenvalue weighted by atomic mass is 10.1. The Kier molecular flexibility index (Phi) is 5.93. The number of aryl methyl sites for hydroxylation is 2. The number of carbonyl (C=O) groups is 1. The molecule has 1 saturated heterocycles. The monoisotopic (exact) mass is 395 g/mol. The summed E-state index contributed by atoms with van der Waals surface area (Å²) in [5.41, 5.74) is 1.02. The van der Waals surface area contributed by atoms with Gasteiger partial charge in [0, 0.05) is 45.8 Å². The van der Waals surface area contributed by atoms with Crippen molar-refractivity contribution < 1.29 is 18.0 Å². The first-order chi connectivity index (χ1) is 13.2. The minimum absolute atomic E-state index is 0.167. The van der Waals surface area contributed by atoms with E-state index in [0.717, 1.165) is 36.4 Å². The number of halogens is 3. The lowest BCUT2D eigenvalue weighted by Crippen LogP contribution is -2.38. The third-order valence-corrected chi connectivity index (χ3v) is 4.80. The van der Waals surface area contributed by atoms with Crippen LogP contribution in [-0.4, -0.2) is 51.8 Å². The number of anilines is 1. The Morgan fingerprint density at radius 1 is 1.14 bits per heavy atom. The van der Waals surface area contributed by atoms with Gasteiger partial charge in [0.2, 0.25) is 0 Å². The van der Waals surface area contributed by atoms with Gasteiger partial charge in [-0.05, 0) is 31.0 Å². The Bertz CT molecular complexity index is 816. The van der Waals surface area contributed by atoms with Crippen LogP contribution in [0.4, 0.5) is 23.8 Å². The summed E-state index contributed by atoms with van der Waals surface area (Å²) in [6.07, 6.45) is -3.51. The third-order valence-electron chi connectivity index (χ3n) is 4.80. The molecule has 6 nitrogen and oxygen atoms in total. The molecule has 0 unspecified atom stereocenters. The number of benzene rings is 1. The van der Waals surface area contributed by atoms with Crippen LogP contribution in [-0.2, 0) is 19.8 Å². The lowest BCUT2D eigenvalue weighted by Gasteiger charge is -2.22. The van der Waals surface area contributed by atoms with Crippen LogP contribution in [0.15, 0.2) is 30.3 Å². The summed E-state index contributed by atoms with van der Waals surface area (Å²) >= 11 is 0. The molecule has 9 heteroatoms. The molecule has 1 aliphatic rings. The van der Waals surface area contributed by atoms with Gasteiger partial charge in [-0.15, -0.1) is 0 Å². The molecular formula is C19H24F3N5O. The Morgan fingerprint density at radius 2 is 1.86 bits per heavy atom. The topological polar surface area (TPSA) is 53.4 Å². The van der Waals surface area contributed by atoms with Gasteiger partial charge in [0.25, 0.3) is 0 Å². The van der Waals surface area contributed by atoms with Crippen LogP contribution in [0.2, 0.25) is 0 Å². The second-order valence-corrected chi connectivity index (χ2v) is 7.04. The molecule has 0 saturated carbocycles. The fourth-order valence-electron chi connectivity index (χ4n) is 3.31. The highest BCUT2D eigenvalue weighted by molar-refractivity contribution is 5.88. The van der Waals surface area contributed by atoms with Crippen molar-refractivity contribution in [1.82, 2.24) is 19.6 Å². The van der Waals surface area contributed by atoms with Gasteiger partial charge in [-0.3, -0.25) is 14.9 Å². The van der Waals surface area contributed by atoms with Crippen molar-refractivity contribution in [1.29, 1.82) is 0 Å². The number of rotatable bonds is 3. The number of hydrogen-bond acceptors (Lipinski definition) is 3. The molecule has 1 N–H and O–H groups in total. The lowest BCUT2D eigenvalue weighted by molar-refractivity contribution is -0.137. The van der Waals surface area contributed by atoms with E-state index in [1.54, 1.807) is 16.6 Å². The van der Waals surface area contributed by atoms with Crippen LogP contribution in [0.1, 0.15) is 23.2 Å². The second-order valence-electron chi connectivity index (χ2n) is 7.04. The number of hydrogen-bond donors (Lipinski definition) is 1. The second kappa shape index (κ2) is 8.22. The molecular weight excluding hydrogens is 371 g/mol. The molecule has 0 radical (unpaired) electrons. The zero-order valence-electron chi connectivity index (χ0n) is 16.0. The molecule has 1 aliphatic heterocycles. The average Bonchev–Trinajstić information content (AvgIpc) is 2.81. The van der Waals surface area contributed by atoms with Crippen molar-refractivity contribution >= 4 is 11.8 Å². The molecule has 2 aromatic rings. The summed E-state index contributed by atoms with van der Waals surface area (Å²) in [6, 6.07) is 6.91. The smallest absolute Gasteiger partial charge is 0.323 e. The fraction of sp³-hybridized carbons (Fsp3) is 0.474. The van der Waals surface area contributed by atoms with E-state index in [-0.39, 0.29) is 6.03 Å². The number of carbonyl (C=O) groups excluding carboxylic acids is 1. The quantitative estimate of drug-likeness (QED) is 0.866. The van der Waals surface area contributed by atoms with Gasteiger partial charge in [-0.2, -0.15) is 18.3 Å². The number of alkyl halides is 3. The summed E-state index contributed by atoms with van der Waals surface area (Å²) in [6.45, 7) is 5.07. The highest BCUT2D eigenvalue weighted by atomic mass is 19.4. The van der Waals surface area contributed by atoms with Gasteiger partial charge in [0.15, 0.2) is 0 Å². The predicted molar refractivity (Wildman–Crippen MR) is 99.9 cm³/mol. The van der Waals surface area contributed by atoms with Gasteiger partial charge in [0.1, 0.15) is 5.82 Å². The molecule has 28 heavy (non-hydrogen) atoms. The van der Waals surface area contributed by atoms with Gasteiger partial charge in [0.05, 0.1) is 11.3 Å². The summed E-state index contributed by atoms with van der Waals surface area (Å²) in [5.74, 6) is 0.647. The van der Waals surface area contributed by atoms with E-state index in [1.165, 1.54) is 12.1 Å². The Balaban J connectivity index is 1.54. The van der Waals surface area contributed by atoms with E-state index in [2.05, 4.69) is 15.3 Å². The molecule has 3 rings (SSSR count). The highest BCUT2D eigenvalue weighted by Gasteiger charge is 2.30. The Labute approximate surface area is 161 Å². The molecule has 0 atom stereocenters. The van der Waals surface area contributed by atoms with Crippen molar-refractivity contribution in [2.24, 2.45) is 7.05 Å². The molecule has 1 fully saturated rings. The maximum absolute atomic E-state index is 12.7. The summed E-state index contributed by atoms with van der Waals surface area (Å²) in [4.78, 5) is 16.4. The summed E-state index contributed by atoms with van der Waals surface area (Å²) in [5, 5.41) is 7.09. The molecule has 2 amide bonds. The van der Waals surface area contributed by atoms with Crippen molar-refractivity contribution in [2.75, 3.05) is 31.5 Å². The van der Waals surface area contributed by atoms with Crippen molar-refractivity contribution in [3.05, 3.63) is 47.2 Å². The van der Waals surface area contributed by atoms with E-state index in [0.29, 0.717) is 32.0 Å². The SMILES string of the molecule is Cc1cc(NC(=O)N2CCCN(Cc3ccc(C(F)(F)F)cc3)CC2)n(C)n1. The van der Waals surface area contributed by atoms with Crippen LogP contribution in [0.25, 0.3) is 0 Å². The summed E-state index contributed by atoms with van der Waals surface area (Å²) < 4.78 is 39.6. The van der Waals surface area contributed by atoms with E-state index in [9.17, 15) is 18.0 Å². The Hall–Kier alpha value is -2.55. The van der Waals surface area contributed by atoms with Crippen molar-refractivity contribution in [2.45, 2.75) is 26.1 Å². The minimum Gasteiger partial charge on any atom is -0.323 e. The predicted octanol–water partition coefficient (Wildman–Crippen LogP) is 3.49. The number of nitrogens with one attached hydrogen (secondary N) is 1. The zero-order chi connectivity index (χ0) is 20.3. The van der Waals surface area contributed by atoms with Crippen molar-refractivity contribution in [3.63, 3.8) is 0 Å². The molecule has 0 aliphatic carbocycles. The number of aromatic nitrogens is 2. The maximum atomic E-state index is 12.7. The van der Waals surface area contributed by atoms with Crippen LogP contribution < -0.4 is 5.32 Å². The average molecular weight is 395 g/mol. The molecule has 1 aromatic heterocycles. The van der Waals surface area contributed by atoms with Crippen molar-refractivity contribution in [3.8, 4) is 0 Å². The van der Waals surface area contributed by atoms with E-state index >= 15 is 0 Å². The molecule has 2 heterocycles. The first-order valence-corrected chi connectivity index (χ1v) is 9.17. The van der Waals surface area contributed by atoms with E-state index in [4.69, 9.17) is 0 Å². The Morgan fingerprint density at radius 3 is 2.46 bits per heavy atom. The van der Waals surface area contributed by atoms with Crippen LogP contribution in [0.3, 0.4) is 0 Å². The molecule has 1 aromatic carbocycles. The van der Waals surface area contributed by atoms with Crippen LogP contribution >= 0.6 is 0 Å². The van der Waals surface area contributed by atoms with Crippen LogP contribution in [0, 0.1) is 6.92 Å². The normalized spacial score (nSPS) is 16.1. The molecule has 152 valence electrons. The number of amides is 2. The number of nitrogens with zero attached hydrogens (tertiary/aromatic N) is 4. The molecule has 0 spiro atoms. The van der Waals surface area contributed by atoms with Gasteiger partial charge >= 0.3 is 12.2 Å². The van der Waals surface area contributed by atoms with Gasteiger partial charge < -0.3 is 4.90 Å². The third kappa shape index (κ3) is 5.03. The summed E-state index contributed by atoms with van der Waals surface area (Å²) in [7, 11) is 1.77.